The maximum atomic E-state index is 12.5. The van der Waals surface area contributed by atoms with E-state index >= 15 is 0 Å². The van der Waals surface area contributed by atoms with Gasteiger partial charge in [0.2, 0.25) is 0 Å². The minimum absolute atomic E-state index is 0.207. The number of nitrogens with one attached hydrogen (secondary N) is 1. The number of halogens is 1. The summed E-state index contributed by atoms with van der Waals surface area (Å²) >= 11 is 5.82. The predicted molar refractivity (Wildman–Crippen MR) is 86.5 cm³/mol. The molecule has 0 aliphatic carbocycles. The molecule has 0 saturated heterocycles. The summed E-state index contributed by atoms with van der Waals surface area (Å²) in [4.78, 5) is 0. The molecule has 0 fully saturated rings. The smallest absolute Gasteiger partial charge is 0.302 e. The van der Waals surface area contributed by atoms with Gasteiger partial charge >= 0.3 is 10.2 Å². The lowest BCUT2D eigenvalue weighted by Gasteiger charge is -2.30. The van der Waals surface area contributed by atoms with E-state index in [-0.39, 0.29) is 13.1 Å². The van der Waals surface area contributed by atoms with Crippen molar-refractivity contribution in [3.8, 4) is 5.75 Å². The zero-order valence-corrected chi connectivity index (χ0v) is 13.3. The molecule has 0 radical (unpaired) electrons. The number of ether oxygens (including phenoxy) is 1. The first kappa shape index (κ1) is 15.1. The Labute approximate surface area is 134 Å². The monoisotopic (exact) mass is 338 g/mol. The normalized spacial score (nSPS) is 14.3. The van der Waals surface area contributed by atoms with Crippen molar-refractivity contribution < 1.29 is 13.2 Å². The van der Waals surface area contributed by atoms with Crippen molar-refractivity contribution in [2.75, 3.05) is 17.5 Å². The second-order valence-corrected chi connectivity index (χ2v) is 6.96. The molecule has 0 saturated carbocycles. The van der Waals surface area contributed by atoms with Crippen LogP contribution >= 0.6 is 11.6 Å². The van der Waals surface area contributed by atoms with Crippen LogP contribution in [0.1, 0.15) is 5.56 Å². The largest absolute Gasteiger partial charge is 0.489 e. The maximum absolute atomic E-state index is 12.5. The summed E-state index contributed by atoms with van der Waals surface area (Å²) in [6.07, 6.45) is 0. The van der Waals surface area contributed by atoms with Gasteiger partial charge in [-0.1, -0.05) is 35.9 Å². The van der Waals surface area contributed by atoms with E-state index in [4.69, 9.17) is 16.3 Å². The molecule has 1 aliphatic heterocycles. The highest BCUT2D eigenvalue weighted by Crippen LogP contribution is 2.32. The number of para-hydroxylation sites is 2. The van der Waals surface area contributed by atoms with Gasteiger partial charge in [0.15, 0.2) is 0 Å². The summed E-state index contributed by atoms with van der Waals surface area (Å²) in [5, 5.41) is 0.619. The Morgan fingerprint density at radius 2 is 1.86 bits per heavy atom. The first-order chi connectivity index (χ1) is 10.6. The number of hydrogen-bond acceptors (Lipinski definition) is 3. The van der Waals surface area contributed by atoms with Gasteiger partial charge in [-0.05, 0) is 29.8 Å². The van der Waals surface area contributed by atoms with Crippen molar-refractivity contribution in [1.29, 1.82) is 0 Å². The van der Waals surface area contributed by atoms with Crippen LogP contribution in [0.5, 0.6) is 5.75 Å². The summed E-state index contributed by atoms with van der Waals surface area (Å²) < 4.78 is 34.5. The van der Waals surface area contributed by atoms with Crippen LogP contribution in [0.4, 0.5) is 5.69 Å². The molecular formula is C15H15ClN2O3S. The Hall–Kier alpha value is -1.76. The number of anilines is 1. The van der Waals surface area contributed by atoms with Gasteiger partial charge in [-0.15, -0.1) is 0 Å². The molecule has 1 N–H and O–H groups in total. The number of hydrogen-bond donors (Lipinski definition) is 1. The van der Waals surface area contributed by atoms with E-state index < -0.39 is 10.2 Å². The molecule has 1 heterocycles. The van der Waals surface area contributed by atoms with Gasteiger partial charge in [0.05, 0.1) is 12.2 Å². The third-order valence-corrected chi connectivity index (χ3v) is 5.07. The minimum Gasteiger partial charge on any atom is -0.489 e. The first-order valence-electron chi connectivity index (χ1n) is 6.80. The second kappa shape index (κ2) is 6.16. The minimum atomic E-state index is -3.63. The van der Waals surface area contributed by atoms with E-state index in [1.54, 1.807) is 42.5 Å². The molecule has 1 aliphatic rings. The second-order valence-electron chi connectivity index (χ2n) is 4.84. The molecule has 3 rings (SSSR count). The molecule has 0 bridgehead atoms. The number of nitrogens with zero attached hydrogens (tertiary/aromatic N) is 1. The summed E-state index contributed by atoms with van der Waals surface area (Å²) in [7, 11) is -3.63. The fraction of sp³-hybridized carbons (Fsp3) is 0.200. The summed E-state index contributed by atoms with van der Waals surface area (Å²) in [6, 6.07) is 14.1. The molecule has 0 amide bonds. The Bertz CT molecular complexity index is 763. The average molecular weight is 339 g/mol. The quantitative estimate of drug-likeness (QED) is 0.932. The predicted octanol–water partition coefficient (Wildman–Crippen LogP) is 2.57. The van der Waals surface area contributed by atoms with Crippen molar-refractivity contribution in [3.05, 3.63) is 59.1 Å². The highest BCUT2D eigenvalue weighted by Gasteiger charge is 2.27. The average Bonchev–Trinajstić information content (AvgIpc) is 2.54. The first-order valence-corrected chi connectivity index (χ1v) is 8.62. The molecule has 0 aromatic heterocycles. The molecule has 7 heteroatoms. The Kier molecular flexibility index (Phi) is 4.24. The Balaban J connectivity index is 1.78. The SMILES string of the molecule is O=S(=O)(NCc1ccc(Cl)cc1)N1CCOc2ccccc21. The Morgan fingerprint density at radius 3 is 2.64 bits per heavy atom. The van der Waals surface area contributed by atoms with Crippen LogP contribution in [0.25, 0.3) is 0 Å². The highest BCUT2D eigenvalue weighted by atomic mass is 35.5. The van der Waals surface area contributed by atoms with Crippen LogP contribution in [0.2, 0.25) is 5.02 Å². The van der Waals surface area contributed by atoms with E-state index in [1.807, 2.05) is 6.07 Å². The van der Waals surface area contributed by atoms with Crippen molar-refractivity contribution in [3.63, 3.8) is 0 Å². The van der Waals surface area contributed by atoms with Crippen molar-refractivity contribution in [1.82, 2.24) is 4.72 Å². The summed E-state index contributed by atoms with van der Waals surface area (Å²) in [6.45, 7) is 0.824. The van der Waals surface area contributed by atoms with Gasteiger partial charge in [0, 0.05) is 11.6 Å². The molecular weight excluding hydrogens is 324 g/mol. The summed E-state index contributed by atoms with van der Waals surface area (Å²) in [5.74, 6) is 0.575. The topological polar surface area (TPSA) is 58.6 Å². The zero-order chi connectivity index (χ0) is 15.6. The van der Waals surface area contributed by atoms with Crippen molar-refractivity contribution in [2.24, 2.45) is 0 Å². The van der Waals surface area contributed by atoms with Crippen LogP contribution in [-0.4, -0.2) is 21.6 Å². The van der Waals surface area contributed by atoms with E-state index in [9.17, 15) is 8.42 Å². The van der Waals surface area contributed by atoms with Gasteiger partial charge in [0.25, 0.3) is 0 Å². The lowest BCUT2D eigenvalue weighted by atomic mass is 10.2. The van der Waals surface area contributed by atoms with Crippen molar-refractivity contribution >= 4 is 27.5 Å². The highest BCUT2D eigenvalue weighted by molar-refractivity contribution is 7.90. The lowest BCUT2D eigenvalue weighted by molar-refractivity contribution is 0.315. The molecule has 5 nitrogen and oxygen atoms in total. The maximum Gasteiger partial charge on any atom is 0.302 e. The molecule has 0 atom stereocenters. The third kappa shape index (κ3) is 3.19. The summed E-state index contributed by atoms with van der Waals surface area (Å²) in [5.41, 5.74) is 1.40. The van der Waals surface area contributed by atoms with Gasteiger partial charge in [-0.2, -0.15) is 13.1 Å². The van der Waals surface area contributed by atoms with E-state index in [2.05, 4.69) is 4.72 Å². The Morgan fingerprint density at radius 1 is 1.14 bits per heavy atom. The van der Waals surface area contributed by atoms with Crippen LogP contribution in [-0.2, 0) is 16.8 Å². The van der Waals surface area contributed by atoms with Crippen LogP contribution in [0, 0.1) is 0 Å². The van der Waals surface area contributed by atoms with Crippen LogP contribution < -0.4 is 13.8 Å². The van der Waals surface area contributed by atoms with Gasteiger partial charge < -0.3 is 4.74 Å². The van der Waals surface area contributed by atoms with E-state index in [1.165, 1.54) is 4.31 Å². The molecule has 2 aromatic carbocycles. The molecule has 116 valence electrons. The van der Waals surface area contributed by atoms with E-state index in [0.29, 0.717) is 23.1 Å². The number of rotatable bonds is 4. The standard InChI is InChI=1S/C15H15ClN2O3S/c16-13-7-5-12(6-8-13)11-17-22(19,20)18-9-10-21-15-4-2-1-3-14(15)18/h1-8,17H,9-11H2. The fourth-order valence-corrected chi connectivity index (χ4v) is 3.60. The number of fused-ring (bicyclic) bond motifs is 1. The zero-order valence-electron chi connectivity index (χ0n) is 11.7. The van der Waals surface area contributed by atoms with Crippen LogP contribution in [0.3, 0.4) is 0 Å². The van der Waals surface area contributed by atoms with Gasteiger partial charge in [-0.25, -0.2) is 0 Å². The van der Waals surface area contributed by atoms with Crippen molar-refractivity contribution in [2.45, 2.75) is 6.54 Å². The van der Waals surface area contributed by atoms with Gasteiger partial charge in [0.1, 0.15) is 12.4 Å². The fourth-order valence-electron chi connectivity index (χ4n) is 2.25. The molecule has 0 unspecified atom stereocenters. The van der Waals surface area contributed by atoms with E-state index in [0.717, 1.165) is 5.56 Å². The van der Waals surface area contributed by atoms with Gasteiger partial charge in [-0.3, -0.25) is 4.31 Å². The lowest BCUT2D eigenvalue weighted by Crippen LogP contribution is -2.44. The van der Waals surface area contributed by atoms with Crippen LogP contribution in [0.15, 0.2) is 48.5 Å². The molecule has 2 aromatic rings. The third-order valence-electron chi connectivity index (χ3n) is 3.35. The molecule has 0 spiro atoms. The molecule has 22 heavy (non-hydrogen) atoms. The number of benzene rings is 2.